The fourth-order valence-corrected chi connectivity index (χ4v) is 5.59. The molecule has 2 aromatic heterocycles. The lowest BCUT2D eigenvalue weighted by Crippen LogP contribution is -2.42. The van der Waals surface area contributed by atoms with E-state index in [1.54, 1.807) is 12.4 Å². The topological polar surface area (TPSA) is 83.1 Å². The summed E-state index contributed by atoms with van der Waals surface area (Å²) in [6.07, 6.45) is 7.65. The van der Waals surface area contributed by atoms with Crippen LogP contribution in [0.2, 0.25) is 0 Å². The summed E-state index contributed by atoms with van der Waals surface area (Å²) in [5.41, 5.74) is 1.49. The standard InChI is InChI=1S/C22H23N5O2/c28-21(18-9-14-3-1-2-4-17(14)26-18)25-10-15-16-12-27(20-11-23-7-8-24-20)13-22(16)6-5-19(15)29-22/h1-4,7-9,11,15-16,19,26H,5-6,10,12-13H2,(H,25,28)/t15-,16+,19+,22+/m0/s1. The van der Waals surface area contributed by atoms with E-state index in [9.17, 15) is 4.79 Å². The van der Waals surface area contributed by atoms with Crippen molar-refractivity contribution in [2.45, 2.75) is 24.5 Å². The summed E-state index contributed by atoms with van der Waals surface area (Å²) >= 11 is 0. The number of fused-ring (bicyclic) bond motifs is 2. The summed E-state index contributed by atoms with van der Waals surface area (Å²) in [6, 6.07) is 9.85. The molecule has 0 aliphatic carbocycles. The normalized spacial score (nSPS) is 30.1. The Labute approximate surface area is 168 Å². The minimum Gasteiger partial charge on any atom is -0.369 e. The lowest BCUT2D eigenvalue weighted by molar-refractivity contribution is 0.0141. The van der Waals surface area contributed by atoms with Gasteiger partial charge in [-0.2, -0.15) is 0 Å². The van der Waals surface area contributed by atoms with Crippen LogP contribution in [0, 0.1) is 11.8 Å². The molecular weight excluding hydrogens is 366 g/mol. The first-order chi connectivity index (χ1) is 14.2. The van der Waals surface area contributed by atoms with Gasteiger partial charge in [0, 0.05) is 54.8 Å². The third kappa shape index (κ3) is 2.64. The molecule has 29 heavy (non-hydrogen) atoms. The lowest BCUT2D eigenvalue weighted by atomic mass is 9.73. The first-order valence-corrected chi connectivity index (χ1v) is 10.3. The van der Waals surface area contributed by atoms with Crippen molar-refractivity contribution in [1.82, 2.24) is 20.3 Å². The molecule has 3 saturated heterocycles. The Morgan fingerprint density at radius 2 is 2.28 bits per heavy atom. The van der Waals surface area contributed by atoms with Crippen molar-refractivity contribution in [1.29, 1.82) is 0 Å². The molecule has 4 atom stereocenters. The predicted molar refractivity (Wildman–Crippen MR) is 109 cm³/mol. The zero-order chi connectivity index (χ0) is 19.4. The highest BCUT2D eigenvalue weighted by molar-refractivity contribution is 5.97. The van der Waals surface area contributed by atoms with Gasteiger partial charge in [0.1, 0.15) is 11.5 Å². The van der Waals surface area contributed by atoms with Gasteiger partial charge in [-0.05, 0) is 25.0 Å². The number of rotatable bonds is 4. The Kier molecular flexibility index (Phi) is 3.68. The molecule has 0 radical (unpaired) electrons. The third-order valence-electron chi connectivity index (χ3n) is 6.93. The van der Waals surface area contributed by atoms with Crippen molar-refractivity contribution < 1.29 is 9.53 Å². The highest BCUT2D eigenvalue weighted by Gasteiger charge is 2.63. The second-order valence-corrected chi connectivity index (χ2v) is 8.45. The maximum atomic E-state index is 12.7. The molecule has 148 valence electrons. The third-order valence-corrected chi connectivity index (χ3v) is 6.93. The molecule has 3 aliphatic heterocycles. The van der Waals surface area contributed by atoms with Crippen molar-refractivity contribution >= 4 is 22.6 Å². The van der Waals surface area contributed by atoms with Crippen molar-refractivity contribution in [3.8, 4) is 0 Å². The number of nitrogens with one attached hydrogen (secondary N) is 2. The number of carbonyl (C=O) groups excluding carboxylic acids is 1. The number of benzene rings is 1. The summed E-state index contributed by atoms with van der Waals surface area (Å²) in [7, 11) is 0. The molecule has 1 aromatic carbocycles. The van der Waals surface area contributed by atoms with Crippen LogP contribution in [0.15, 0.2) is 48.9 Å². The number of hydrogen-bond acceptors (Lipinski definition) is 5. The van der Waals surface area contributed by atoms with Gasteiger partial charge in [-0.3, -0.25) is 9.78 Å². The first kappa shape index (κ1) is 17.0. The molecule has 1 spiro atoms. The lowest BCUT2D eigenvalue weighted by Gasteiger charge is -2.29. The Hall–Kier alpha value is -2.93. The number of nitrogens with zero attached hydrogens (tertiary/aromatic N) is 3. The van der Waals surface area contributed by atoms with Crippen LogP contribution in [0.25, 0.3) is 10.9 Å². The Morgan fingerprint density at radius 3 is 3.14 bits per heavy atom. The summed E-state index contributed by atoms with van der Waals surface area (Å²) in [4.78, 5) is 26.9. The summed E-state index contributed by atoms with van der Waals surface area (Å²) in [5.74, 6) is 1.59. The van der Waals surface area contributed by atoms with Crippen molar-refractivity contribution in [2.24, 2.45) is 11.8 Å². The first-order valence-electron chi connectivity index (χ1n) is 10.3. The molecule has 2 N–H and O–H groups in total. The smallest absolute Gasteiger partial charge is 0.267 e. The van der Waals surface area contributed by atoms with E-state index in [1.165, 1.54) is 0 Å². The molecule has 3 aromatic rings. The quantitative estimate of drug-likeness (QED) is 0.716. The van der Waals surface area contributed by atoms with Gasteiger partial charge in [-0.15, -0.1) is 0 Å². The van der Waals surface area contributed by atoms with E-state index in [1.807, 2.05) is 36.5 Å². The van der Waals surface area contributed by atoms with Gasteiger partial charge in [0.15, 0.2) is 0 Å². The van der Waals surface area contributed by atoms with Gasteiger partial charge in [0.2, 0.25) is 0 Å². The SMILES string of the molecule is O=C(NC[C@H]1[C@H]2CN(c3cnccn3)C[C@]23CC[C@H]1O3)c1cc2ccccc2[nH]1. The second-order valence-electron chi connectivity index (χ2n) is 8.45. The monoisotopic (exact) mass is 389 g/mol. The zero-order valence-corrected chi connectivity index (χ0v) is 16.0. The molecule has 3 fully saturated rings. The molecule has 7 heteroatoms. The Bertz CT molecular complexity index is 1030. The van der Waals surface area contributed by atoms with Crippen LogP contribution in [0.1, 0.15) is 23.3 Å². The van der Waals surface area contributed by atoms with Gasteiger partial charge >= 0.3 is 0 Å². The van der Waals surface area contributed by atoms with E-state index in [0.717, 1.165) is 42.7 Å². The van der Waals surface area contributed by atoms with E-state index < -0.39 is 0 Å². The molecule has 5 heterocycles. The Morgan fingerprint density at radius 1 is 1.34 bits per heavy atom. The van der Waals surface area contributed by atoms with Crippen LogP contribution in [-0.4, -0.2) is 52.2 Å². The van der Waals surface area contributed by atoms with Gasteiger partial charge in [-0.25, -0.2) is 4.98 Å². The van der Waals surface area contributed by atoms with Gasteiger partial charge in [0.25, 0.3) is 5.91 Å². The van der Waals surface area contributed by atoms with Crippen LogP contribution < -0.4 is 10.2 Å². The van der Waals surface area contributed by atoms with Crippen LogP contribution >= 0.6 is 0 Å². The highest BCUT2D eigenvalue weighted by Crippen LogP contribution is 2.55. The predicted octanol–water partition coefficient (Wildman–Crippen LogP) is 2.37. The van der Waals surface area contributed by atoms with E-state index in [-0.39, 0.29) is 17.6 Å². The highest BCUT2D eigenvalue weighted by atomic mass is 16.5. The van der Waals surface area contributed by atoms with Gasteiger partial charge < -0.3 is 19.9 Å². The maximum Gasteiger partial charge on any atom is 0.267 e. The van der Waals surface area contributed by atoms with Crippen molar-refractivity contribution in [3.63, 3.8) is 0 Å². The number of aromatic nitrogens is 3. The van der Waals surface area contributed by atoms with Crippen molar-refractivity contribution in [3.05, 3.63) is 54.6 Å². The van der Waals surface area contributed by atoms with Gasteiger partial charge in [0.05, 0.1) is 17.9 Å². The van der Waals surface area contributed by atoms with Crippen LogP contribution in [0.5, 0.6) is 0 Å². The second kappa shape index (κ2) is 6.29. The summed E-state index contributed by atoms with van der Waals surface area (Å²) in [5, 5.41) is 4.21. The molecule has 0 saturated carbocycles. The average molecular weight is 389 g/mol. The minimum atomic E-state index is -0.0985. The molecule has 7 nitrogen and oxygen atoms in total. The van der Waals surface area contributed by atoms with Crippen LogP contribution in [0.4, 0.5) is 5.82 Å². The van der Waals surface area contributed by atoms with Crippen LogP contribution in [0.3, 0.4) is 0 Å². The van der Waals surface area contributed by atoms with Crippen molar-refractivity contribution in [2.75, 3.05) is 24.5 Å². The van der Waals surface area contributed by atoms with E-state index in [4.69, 9.17) is 4.74 Å². The number of amides is 1. The minimum absolute atomic E-state index is 0.0539. The van der Waals surface area contributed by atoms with E-state index in [0.29, 0.717) is 24.1 Å². The molecular formula is C22H23N5O2. The largest absolute Gasteiger partial charge is 0.369 e. The van der Waals surface area contributed by atoms with E-state index in [2.05, 4.69) is 25.2 Å². The summed E-state index contributed by atoms with van der Waals surface area (Å²) in [6.45, 7) is 2.40. The fraction of sp³-hybridized carbons (Fsp3) is 0.409. The van der Waals surface area contributed by atoms with Gasteiger partial charge in [-0.1, -0.05) is 18.2 Å². The molecule has 6 rings (SSSR count). The average Bonchev–Trinajstić information content (AvgIpc) is 3.51. The number of H-pyrrole nitrogens is 1. The number of carbonyl (C=O) groups is 1. The zero-order valence-electron chi connectivity index (χ0n) is 16.0. The molecule has 1 amide bonds. The number of ether oxygens (including phenoxy) is 1. The van der Waals surface area contributed by atoms with E-state index >= 15 is 0 Å². The Balaban J connectivity index is 1.17. The number of para-hydroxylation sites is 1. The molecule has 3 aliphatic rings. The number of aromatic amines is 1. The van der Waals surface area contributed by atoms with Crippen LogP contribution in [-0.2, 0) is 4.74 Å². The molecule has 2 bridgehead atoms. The summed E-state index contributed by atoms with van der Waals surface area (Å²) < 4.78 is 6.49. The fourth-order valence-electron chi connectivity index (χ4n) is 5.59. The maximum absolute atomic E-state index is 12.7. The molecule has 0 unspecified atom stereocenters. The number of anilines is 1. The number of hydrogen-bond donors (Lipinski definition) is 2.